The molecule has 0 aliphatic carbocycles. The van der Waals surface area contributed by atoms with Crippen LogP contribution < -0.4 is 10.1 Å². The molecule has 1 amide bonds. The van der Waals surface area contributed by atoms with Gasteiger partial charge in [0.1, 0.15) is 5.75 Å². The molecule has 0 saturated carbocycles. The highest BCUT2D eigenvalue weighted by Crippen LogP contribution is 2.27. The second kappa shape index (κ2) is 11.2. The number of benzene rings is 2. The van der Waals surface area contributed by atoms with Crippen LogP contribution >= 0.6 is 11.8 Å². The Bertz CT molecular complexity index is 1040. The number of aryl methyl sites for hydroxylation is 3. The van der Waals surface area contributed by atoms with Crippen molar-refractivity contribution in [2.24, 2.45) is 0 Å². The second-order valence-electron chi connectivity index (χ2n) is 7.61. The molecular weight excluding hydrogens is 420 g/mol. The molecule has 0 fully saturated rings. The number of para-hydroxylation sites is 2. The number of rotatable bonds is 10. The third-order valence-electron chi connectivity index (χ3n) is 5.42. The largest absolute Gasteiger partial charge is 0.482 e. The molecule has 7 heteroatoms. The molecule has 32 heavy (non-hydrogen) atoms. The lowest BCUT2D eigenvalue weighted by Gasteiger charge is -2.17. The van der Waals surface area contributed by atoms with Crippen molar-refractivity contribution >= 4 is 23.4 Å². The van der Waals surface area contributed by atoms with Crippen LogP contribution in [0.3, 0.4) is 0 Å². The lowest BCUT2D eigenvalue weighted by Crippen LogP contribution is -2.17. The van der Waals surface area contributed by atoms with Crippen LogP contribution in [0.1, 0.15) is 56.3 Å². The number of nitrogens with zero attached hydrogens (tertiary/aromatic N) is 3. The van der Waals surface area contributed by atoms with E-state index in [1.165, 1.54) is 11.8 Å². The van der Waals surface area contributed by atoms with E-state index >= 15 is 0 Å². The average Bonchev–Trinajstić information content (AvgIpc) is 3.22. The highest BCUT2D eigenvalue weighted by molar-refractivity contribution is 7.99. The van der Waals surface area contributed by atoms with Gasteiger partial charge in [-0.15, -0.1) is 10.2 Å². The zero-order valence-corrected chi connectivity index (χ0v) is 20.3. The van der Waals surface area contributed by atoms with Gasteiger partial charge in [-0.3, -0.25) is 4.79 Å². The third-order valence-corrected chi connectivity index (χ3v) is 6.39. The molecule has 0 aliphatic rings. The van der Waals surface area contributed by atoms with E-state index in [-0.39, 0.29) is 17.8 Å². The molecule has 0 bridgehead atoms. The standard InChI is InChI=1S/C25H32N4O2S/c1-6-19-13-11-14-20(7-2)23(19)26-22(30)16-32-25-28-27-24(29(25)8-3)18(5)31-21-15-10-9-12-17(21)4/h9-15,18H,6-8,16H2,1-5H3,(H,26,30). The van der Waals surface area contributed by atoms with E-state index in [1.807, 2.05) is 55.7 Å². The molecule has 1 atom stereocenters. The maximum atomic E-state index is 12.7. The quantitative estimate of drug-likeness (QED) is 0.405. The van der Waals surface area contributed by atoms with Crippen LogP contribution in [0.2, 0.25) is 0 Å². The van der Waals surface area contributed by atoms with Crippen molar-refractivity contribution in [2.45, 2.75) is 65.3 Å². The van der Waals surface area contributed by atoms with Gasteiger partial charge in [-0.2, -0.15) is 0 Å². The number of ether oxygens (including phenoxy) is 1. The summed E-state index contributed by atoms with van der Waals surface area (Å²) in [6.07, 6.45) is 1.50. The van der Waals surface area contributed by atoms with E-state index < -0.39 is 0 Å². The Kier molecular flexibility index (Phi) is 8.33. The summed E-state index contributed by atoms with van der Waals surface area (Å²) in [5, 5.41) is 12.5. The summed E-state index contributed by atoms with van der Waals surface area (Å²) in [6, 6.07) is 14.1. The number of hydrogen-bond donors (Lipinski definition) is 1. The number of hydrogen-bond acceptors (Lipinski definition) is 5. The van der Waals surface area contributed by atoms with Gasteiger partial charge in [0.2, 0.25) is 5.91 Å². The summed E-state index contributed by atoms with van der Waals surface area (Å²) >= 11 is 1.40. The second-order valence-corrected chi connectivity index (χ2v) is 8.55. The molecule has 2 aromatic carbocycles. The number of carbonyl (C=O) groups is 1. The fourth-order valence-electron chi connectivity index (χ4n) is 3.65. The zero-order valence-electron chi connectivity index (χ0n) is 19.5. The molecule has 3 aromatic rings. The molecule has 1 heterocycles. The zero-order chi connectivity index (χ0) is 23.1. The Morgan fingerprint density at radius 1 is 1.06 bits per heavy atom. The molecule has 1 unspecified atom stereocenters. The van der Waals surface area contributed by atoms with Gasteiger partial charge in [0.15, 0.2) is 17.1 Å². The molecule has 0 saturated heterocycles. The third kappa shape index (κ3) is 5.51. The van der Waals surface area contributed by atoms with E-state index in [1.54, 1.807) is 0 Å². The molecule has 0 spiro atoms. The first-order chi connectivity index (χ1) is 15.5. The Morgan fingerprint density at radius 3 is 2.38 bits per heavy atom. The first-order valence-electron chi connectivity index (χ1n) is 11.2. The lowest BCUT2D eigenvalue weighted by molar-refractivity contribution is -0.113. The molecule has 0 aliphatic heterocycles. The van der Waals surface area contributed by atoms with E-state index in [0.29, 0.717) is 6.54 Å². The number of thioether (sulfide) groups is 1. The molecule has 1 N–H and O–H groups in total. The Balaban J connectivity index is 1.68. The number of carbonyl (C=O) groups excluding carboxylic acids is 1. The SMILES string of the molecule is CCc1cccc(CC)c1NC(=O)CSc1nnc(C(C)Oc2ccccc2C)n1CC. The highest BCUT2D eigenvalue weighted by atomic mass is 32.2. The van der Waals surface area contributed by atoms with E-state index in [2.05, 4.69) is 41.5 Å². The summed E-state index contributed by atoms with van der Waals surface area (Å²) in [5.74, 6) is 1.82. The predicted octanol–water partition coefficient (Wildman–Crippen LogP) is 5.60. The van der Waals surface area contributed by atoms with Gasteiger partial charge in [-0.05, 0) is 56.4 Å². The maximum Gasteiger partial charge on any atom is 0.234 e. The fraction of sp³-hybridized carbons (Fsp3) is 0.400. The molecule has 170 valence electrons. The molecular formula is C25H32N4O2S. The van der Waals surface area contributed by atoms with E-state index in [0.717, 1.165) is 51.9 Å². The first-order valence-corrected chi connectivity index (χ1v) is 12.2. The topological polar surface area (TPSA) is 69.0 Å². The summed E-state index contributed by atoms with van der Waals surface area (Å²) in [7, 11) is 0. The van der Waals surface area contributed by atoms with Gasteiger partial charge in [0.25, 0.3) is 0 Å². The Labute approximate surface area is 194 Å². The number of anilines is 1. The van der Waals surface area contributed by atoms with Crippen molar-refractivity contribution in [1.82, 2.24) is 14.8 Å². The van der Waals surface area contributed by atoms with Crippen LogP contribution in [0, 0.1) is 6.92 Å². The van der Waals surface area contributed by atoms with Gasteiger partial charge >= 0.3 is 0 Å². The number of aromatic nitrogens is 3. The van der Waals surface area contributed by atoms with Crippen molar-refractivity contribution in [1.29, 1.82) is 0 Å². The highest BCUT2D eigenvalue weighted by Gasteiger charge is 2.20. The Morgan fingerprint density at radius 2 is 1.75 bits per heavy atom. The number of amides is 1. The van der Waals surface area contributed by atoms with Crippen LogP contribution in [-0.2, 0) is 24.2 Å². The van der Waals surface area contributed by atoms with Gasteiger partial charge < -0.3 is 14.6 Å². The van der Waals surface area contributed by atoms with Crippen LogP contribution in [0.15, 0.2) is 47.6 Å². The lowest BCUT2D eigenvalue weighted by atomic mass is 10.0. The van der Waals surface area contributed by atoms with Crippen LogP contribution in [0.4, 0.5) is 5.69 Å². The smallest absolute Gasteiger partial charge is 0.234 e. The average molecular weight is 453 g/mol. The van der Waals surface area contributed by atoms with Gasteiger partial charge in [-0.1, -0.05) is 62.0 Å². The monoisotopic (exact) mass is 452 g/mol. The fourth-order valence-corrected chi connectivity index (χ4v) is 4.45. The first kappa shape index (κ1) is 23.9. The van der Waals surface area contributed by atoms with Crippen LogP contribution in [0.25, 0.3) is 0 Å². The summed E-state index contributed by atoms with van der Waals surface area (Å²) in [4.78, 5) is 12.7. The Hall–Kier alpha value is -2.80. The van der Waals surface area contributed by atoms with Crippen molar-refractivity contribution in [3.63, 3.8) is 0 Å². The molecule has 6 nitrogen and oxygen atoms in total. The summed E-state index contributed by atoms with van der Waals surface area (Å²) in [5.41, 5.74) is 4.33. The normalized spacial score (nSPS) is 11.9. The van der Waals surface area contributed by atoms with Crippen molar-refractivity contribution in [2.75, 3.05) is 11.1 Å². The maximum absolute atomic E-state index is 12.7. The van der Waals surface area contributed by atoms with Crippen LogP contribution in [0.5, 0.6) is 5.75 Å². The predicted molar refractivity (Wildman–Crippen MR) is 130 cm³/mol. The van der Waals surface area contributed by atoms with Crippen molar-refractivity contribution < 1.29 is 9.53 Å². The minimum atomic E-state index is -0.254. The van der Waals surface area contributed by atoms with E-state index in [9.17, 15) is 4.79 Å². The van der Waals surface area contributed by atoms with Gasteiger partial charge in [-0.25, -0.2) is 0 Å². The molecule has 0 radical (unpaired) electrons. The minimum Gasteiger partial charge on any atom is -0.482 e. The van der Waals surface area contributed by atoms with Crippen LogP contribution in [-0.4, -0.2) is 26.4 Å². The van der Waals surface area contributed by atoms with Gasteiger partial charge in [0.05, 0.1) is 5.75 Å². The van der Waals surface area contributed by atoms with Gasteiger partial charge in [0, 0.05) is 12.2 Å². The summed E-state index contributed by atoms with van der Waals surface area (Å²) in [6.45, 7) is 10.9. The number of nitrogens with one attached hydrogen (secondary N) is 1. The van der Waals surface area contributed by atoms with Crippen molar-refractivity contribution in [3.8, 4) is 5.75 Å². The van der Waals surface area contributed by atoms with E-state index in [4.69, 9.17) is 4.74 Å². The molecule has 3 rings (SSSR count). The molecule has 1 aromatic heterocycles. The van der Waals surface area contributed by atoms with Crippen molar-refractivity contribution in [3.05, 3.63) is 65.0 Å². The summed E-state index contributed by atoms with van der Waals surface area (Å²) < 4.78 is 8.14. The minimum absolute atomic E-state index is 0.0398.